The van der Waals surface area contributed by atoms with Gasteiger partial charge in [-0.25, -0.2) is 0 Å². The number of hydrogen-bond acceptors (Lipinski definition) is 5. The summed E-state index contributed by atoms with van der Waals surface area (Å²) in [6.07, 6.45) is 0.442. The van der Waals surface area contributed by atoms with E-state index in [1.165, 1.54) is 12.1 Å². The molecule has 1 N–H and O–H groups in total. The Morgan fingerprint density at radius 1 is 1.00 bits per heavy atom. The van der Waals surface area contributed by atoms with E-state index in [0.29, 0.717) is 30.8 Å². The summed E-state index contributed by atoms with van der Waals surface area (Å²) >= 11 is 0. The predicted molar refractivity (Wildman–Crippen MR) is 126 cm³/mol. The largest absolute Gasteiger partial charge is 0.477 e. The van der Waals surface area contributed by atoms with Gasteiger partial charge in [-0.1, -0.05) is 54.6 Å². The van der Waals surface area contributed by atoms with E-state index in [2.05, 4.69) is 5.32 Å². The molecule has 8 nitrogen and oxygen atoms in total. The quantitative estimate of drug-likeness (QED) is 0.449. The van der Waals surface area contributed by atoms with Crippen LogP contribution in [-0.2, 0) is 21.5 Å². The first kappa shape index (κ1) is 21.6. The van der Waals surface area contributed by atoms with Gasteiger partial charge < -0.3 is 15.0 Å². The van der Waals surface area contributed by atoms with Crippen LogP contribution in [0.15, 0.2) is 78.9 Å². The number of amides is 2. The number of carbonyl (C=O) groups is 2. The van der Waals surface area contributed by atoms with Gasteiger partial charge in [-0.15, -0.1) is 0 Å². The van der Waals surface area contributed by atoms with E-state index in [9.17, 15) is 19.7 Å². The van der Waals surface area contributed by atoms with Crippen molar-refractivity contribution in [3.63, 3.8) is 0 Å². The molecule has 0 aromatic heterocycles. The summed E-state index contributed by atoms with van der Waals surface area (Å²) in [7, 11) is 0. The van der Waals surface area contributed by atoms with Crippen molar-refractivity contribution in [3.8, 4) is 5.75 Å². The number of nitrogens with one attached hydrogen (secondary N) is 1. The van der Waals surface area contributed by atoms with Crippen molar-refractivity contribution >= 4 is 23.2 Å². The lowest BCUT2D eigenvalue weighted by Gasteiger charge is -2.36. The smallest absolute Gasteiger partial charge is 0.269 e. The molecule has 0 unspecified atom stereocenters. The molecular weight excluding hydrogens is 434 g/mol. The molecule has 2 aliphatic rings. The van der Waals surface area contributed by atoms with E-state index in [4.69, 9.17) is 4.74 Å². The summed E-state index contributed by atoms with van der Waals surface area (Å²) in [5.41, 5.74) is 1.57. The number of para-hydroxylation sites is 2. The van der Waals surface area contributed by atoms with Gasteiger partial charge in [0, 0.05) is 18.7 Å². The molecule has 1 aliphatic carbocycles. The van der Waals surface area contributed by atoms with Crippen LogP contribution >= 0.6 is 0 Å². The molecule has 2 amide bonds. The van der Waals surface area contributed by atoms with Gasteiger partial charge in [0.25, 0.3) is 11.6 Å². The maximum Gasteiger partial charge on any atom is 0.269 e. The van der Waals surface area contributed by atoms with E-state index in [1.54, 1.807) is 35.2 Å². The van der Waals surface area contributed by atoms with Crippen LogP contribution in [0.3, 0.4) is 0 Å². The fraction of sp³-hybridized carbons (Fsp3) is 0.231. The van der Waals surface area contributed by atoms with Crippen LogP contribution in [0.25, 0.3) is 0 Å². The van der Waals surface area contributed by atoms with Crippen molar-refractivity contribution in [2.24, 2.45) is 0 Å². The third-order valence-electron chi connectivity index (χ3n) is 6.41. The molecule has 1 saturated carbocycles. The second kappa shape index (κ2) is 8.62. The maximum atomic E-state index is 13.8. The standard InChI is InChI=1S/C26H23N3O5/c30-24(27-16-18-6-2-1-3-7-18)23-17-28(21-8-4-5-9-22(21)34-23)25(31)26(14-15-26)19-10-12-20(13-11-19)29(32)33/h1-13,23H,14-17H2,(H,27,30)/t23-/m0/s1. The molecule has 1 aliphatic heterocycles. The van der Waals surface area contributed by atoms with Gasteiger partial charge in [0.15, 0.2) is 6.10 Å². The number of benzene rings is 3. The average molecular weight is 457 g/mol. The molecule has 0 spiro atoms. The topological polar surface area (TPSA) is 102 Å². The lowest BCUT2D eigenvalue weighted by Crippen LogP contribution is -2.52. The summed E-state index contributed by atoms with van der Waals surface area (Å²) in [5, 5.41) is 13.9. The first-order valence-electron chi connectivity index (χ1n) is 11.1. The SMILES string of the molecule is O=C(NCc1ccccc1)[C@@H]1CN(C(=O)C2(c3ccc([N+](=O)[O-])cc3)CC2)c2ccccc2O1. The van der Waals surface area contributed by atoms with Crippen molar-refractivity contribution in [3.05, 3.63) is 100 Å². The lowest BCUT2D eigenvalue weighted by atomic mass is 9.93. The molecular formula is C26H23N3O5. The van der Waals surface area contributed by atoms with Crippen molar-refractivity contribution in [2.75, 3.05) is 11.4 Å². The fourth-order valence-electron chi connectivity index (χ4n) is 4.37. The fourth-order valence-corrected chi connectivity index (χ4v) is 4.37. The Labute approximate surface area is 196 Å². The summed E-state index contributed by atoms with van der Waals surface area (Å²) in [4.78, 5) is 39.0. The monoisotopic (exact) mass is 457 g/mol. The van der Waals surface area contributed by atoms with Gasteiger partial charge in [-0.2, -0.15) is 0 Å². The van der Waals surface area contributed by atoms with Gasteiger partial charge in [0.1, 0.15) is 5.75 Å². The van der Waals surface area contributed by atoms with Crippen LogP contribution in [0.5, 0.6) is 5.75 Å². The minimum Gasteiger partial charge on any atom is -0.477 e. The molecule has 0 saturated heterocycles. The molecule has 1 heterocycles. The number of nitro groups is 1. The molecule has 5 rings (SSSR count). The van der Waals surface area contributed by atoms with E-state index in [0.717, 1.165) is 11.1 Å². The van der Waals surface area contributed by atoms with Crippen LogP contribution in [0.1, 0.15) is 24.0 Å². The van der Waals surface area contributed by atoms with Gasteiger partial charge in [-0.3, -0.25) is 19.7 Å². The van der Waals surface area contributed by atoms with E-state index < -0.39 is 16.4 Å². The highest BCUT2D eigenvalue weighted by molar-refractivity contribution is 6.05. The number of non-ortho nitro benzene ring substituents is 1. The van der Waals surface area contributed by atoms with E-state index in [-0.39, 0.29) is 24.0 Å². The molecule has 0 radical (unpaired) electrons. The predicted octanol–water partition coefficient (Wildman–Crippen LogP) is 3.74. The van der Waals surface area contributed by atoms with Crippen LogP contribution in [-0.4, -0.2) is 29.4 Å². The van der Waals surface area contributed by atoms with Gasteiger partial charge in [0.05, 0.1) is 22.6 Å². The number of fused-ring (bicyclic) bond motifs is 1. The maximum absolute atomic E-state index is 13.8. The highest BCUT2D eigenvalue weighted by Gasteiger charge is 2.54. The zero-order valence-corrected chi connectivity index (χ0v) is 18.3. The van der Waals surface area contributed by atoms with Gasteiger partial charge in [-0.05, 0) is 36.1 Å². The third-order valence-corrected chi connectivity index (χ3v) is 6.41. The average Bonchev–Trinajstić information content (AvgIpc) is 3.69. The van der Waals surface area contributed by atoms with Crippen molar-refractivity contribution in [2.45, 2.75) is 30.9 Å². The highest BCUT2D eigenvalue weighted by Crippen LogP contribution is 2.51. The second-order valence-corrected chi connectivity index (χ2v) is 8.58. The summed E-state index contributed by atoms with van der Waals surface area (Å²) in [6, 6.07) is 22.9. The first-order chi connectivity index (χ1) is 16.5. The van der Waals surface area contributed by atoms with Crippen molar-refractivity contribution in [1.82, 2.24) is 5.32 Å². The molecule has 3 aromatic rings. The summed E-state index contributed by atoms with van der Waals surface area (Å²) in [6.45, 7) is 0.451. The number of hydrogen-bond donors (Lipinski definition) is 1. The third kappa shape index (κ3) is 3.98. The Morgan fingerprint density at radius 2 is 1.68 bits per heavy atom. The Bertz CT molecular complexity index is 1240. The van der Waals surface area contributed by atoms with Gasteiger partial charge in [0.2, 0.25) is 5.91 Å². The Balaban J connectivity index is 1.38. The molecule has 172 valence electrons. The minimum atomic E-state index is -0.852. The molecule has 3 aromatic carbocycles. The number of anilines is 1. The normalized spacial score (nSPS) is 17.8. The van der Waals surface area contributed by atoms with Crippen LogP contribution in [0, 0.1) is 10.1 Å². The summed E-state index contributed by atoms with van der Waals surface area (Å²) in [5.74, 6) is 0.0516. The van der Waals surface area contributed by atoms with Gasteiger partial charge >= 0.3 is 0 Å². The number of carbonyl (C=O) groups excluding carboxylic acids is 2. The van der Waals surface area contributed by atoms with Crippen LogP contribution < -0.4 is 15.0 Å². The second-order valence-electron chi connectivity index (χ2n) is 8.58. The molecule has 1 fully saturated rings. The minimum absolute atomic E-state index is 0.0149. The van der Waals surface area contributed by atoms with E-state index in [1.807, 2.05) is 36.4 Å². The highest BCUT2D eigenvalue weighted by atomic mass is 16.6. The summed E-state index contributed by atoms with van der Waals surface area (Å²) < 4.78 is 5.96. The number of ether oxygens (including phenoxy) is 1. The molecule has 34 heavy (non-hydrogen) atoms. The van der Waals surface area contributed by atoms with Crippen LogP contribution in [0.2, 0.25) is 0 Å². The number of rotatable bonds is 6. The van der Waals surface area contributed by atoms with Crippen molar-refractivity contribution < 1.29 is 19.2 Å². The zero-order valence-electron chi connectivity index (χ0n) is 18.3. The van der Waals surface area contributed by atoms with Crippen molar-refractivity contribution in [1.29, 1.82) is 0 Å². The number of nitrogens with zero attached hydrogens (tertiary/aromatic N) is 2. The van der Waals surface area contributed by atoms with Crippen LogP contribution in [0.4, 0.5) is 11.4 Å². The Hall–Kier alpha value is -4.20. The Kier molecular flexibility index (Phi) is 5.49. The number of nitro benzene ring substituents is 1. The molecule has 8 heteroatoms. The lowest BCUT2D eigenvalue weighted by molar-refractivity contribution is -0.384. The molecule has 1 atom stereocenters. The molecule has 0 bridgehead atoms. The first-order valence-corrected chi connectivity index (χ1v) is 11.1. The Morgan fingerprint density at radius 3 is 2.35 bits per heavy atom. The zero-order chi connectivity index (χ0) is 23.7. The van der Waals surface area contributed by atoms with E-state index >= 15 is 0 Å².